The molecule has 5 nitrogen and oxygen atoms in total. The summed E-state index contributed by atoms with van der Waals surface area (Å²) in [5, 5.41) is 3.00. The van der Waals surface area contributed by atoms with Crippen LogP contribution in [0.3, 0.4) is 0 Å². The molecular formula is C20H25N3O2. The lowest BCUT2D eigenvalue weighted by Gasteiger charge is -2.40. The molecule has 5 heteroatoms. The molecule has 2 atom stereocenters. The van der Waals surface area contributed by atoms with E-state index in [9.17, 15) is 4.79 Å². The zero-order valence-corrected chi connectivity index (χ0v) is 15.0. The number of nitrogens with zero attached hydrogens (tertiary/aromatic N) is 2. The lowest BCUT2D eigenvalue weighted by molar-refractivity contribution is -0.0954. The molecule has 1 N–H and O–H groups in total. The molecule has 3 rings (SSSR count). The maximum Gasteiger partial charge on any atom is 0.257 e. The number of anilines is 1. The number of carbonyl (C=O) groups excluding carboxylic acids is 1. The highest BCUT2D eigenvalue weighted by molar-refractivity contribution is 5.98. The molecule has 132 valence electrons. The molecule has 1 saturated heterocycles. The van der Waals surface area contributed by atoms with Gasteiger partial charge in [0, 0.05) is 19.8 Å². The van der Waals surface area contributed by atoms with Gasteiger partial charge in [0.05, 0.1) is 18.2 Å². The second-order valence-corrected chi connectivity index (χ2v) is 6.68. The van der Waals surface area contributed by atoms with E-state index in [0.717, 1.165) is 5.56 Å². The van der Waals surface area contributed by atoms with Crippen LogP contribution >= 0.6 is 0 Å². The molecule has 1 aliphatic heterocycles. The minimum absolute atomic E-state index is 0.00710. The summed E-state index contributed by atoms with van der Waals surface area (Å²) < 4.78 is 6.28. The van der Waals surface area contributed by atoms with Crippen LogP contribution in [0.1, 0.15) is 35.9 Å². The number of carbonyl (C=O) groups is 1. The van der Waals surface area contributed by atoms with E-state index in [2.05, 4.69) is 36.3 Å². The van der Waals surface area contributed by atoms with Gasteiger partial charge in [-0.25, -0.2) is 4.98 Å². The van der Waals surface area contributed by atoms with Crippen molar-refractivity contribution in [2.24, 2.45) is 5.92 Å². The standard InChI is InChI=1S/C20H25N3O2/c1-14(2)17-12-23(13-18(25-17)15-8-5-4-6-9-15)20(24)16-10-7-11-22-19(16)21-3/h4-11,14,17-18H,12-13H2,1-3H3,(H,21,22)/t17-,18+/m1/s1. The van der Waals surface area contributed by atoms with Crippen molar-refractivity contribution >= 4 is 11.7 Å². The van der Waals surface area contributed by atoms with Crippen LogP contribution in [0.15, 0.2) is 48.7 Å². The van der Waals surface area contributed by atoms with Crippen LogP contribution in [0, 0.1) is 5.92 Å². The SMILES string of the molecule is CNc1ncccc1C(=O)N1C[C@@H](c2ccccc2)O[C@@H](C(C)C)C1. The van der Waals surface area contributed by atoms with Crippen LogP contribution < -0.4 is 5.32 Å². The van der Waals surface area contributed by atoms with Crippen molar-refractivity contribution in [3.8, 4) is 0 Å². The molecule has 1 fully saturated rings. The average molecular weight is 339 g/mol. The first-order chi connectivity index (χ1) is 12.1. The molecule has 2 aromatic rings. The van der Waals surface area contributed by atoms with E-state index in [-0.39, 0.29) is 18.1 Å². The fourth-order valence-corrected chi connectivity index (χ4v) is 3.12. The second kappa shape index (κ2) is 7.66. The first kappa shape index (κ1) is 17.4. The number of hydrogen-bond acceptors (Lipinski definition) is 4. The van der Waals surface area contributed by atoms with Crippen LogP contribution in [0.4, 0.5) is 5.82 Å². The largest absolute Gasteiger partial charge is 0.372 e. The number of hydrogen-bond donors (Lipinski definition) is 1. The third-order valence-electron chi connectivity index (χ3n) is 4.60. The number of aromatic nitrogens is 1. The van der Waals surface area contributed by atoms with Crippen molar-refractivity contribution < 1.29 is 9.53 Å². The minimum Gasteiger partial charge on any atom is -0.372 e. The van der Waals surface area contributed by atoms with Gasteiger partial charge in [0.2, 0.25) is 0 Å². The summed E-state index contributed by atoms with van der Waals surface area (Å²) >= 11 is 0. The van der Waals surface area contributed by atoms with Gasteiger partial charge in [-0.2, -0.15) is 0 Å². The first-order valence-electron chi connectivity index (χ1n) is 8.72. The van der Waals surface area contributed by atoms with Gasteiger partial charge < -0.3 is 15.0 Å². The molecule has 1 aromatic heterocycles. The Morgan fingerprint density at radius 1 is 1.20 bits per heavy atom. The van der Waals surface area contributed by atoms with Crippen molar-refractivity contribution in [2.75, 3.05) is 25.5 Å². The van der Waals surface area contributed by atoms with Gasteiger partial charge >= 0.3 is 0 Å². The zero-order chi connectivity index (χ0) is 17.8. The summed E-state index contributed by atoms with van der Waals surface area (Å²) in [4.78, 5) is 19.3. The van der Waals surface area contributed by atoms with Gasteiger partial charge in [-0.3, -0.25) is 4.79 Å². The molecule has 1 aliphatic rings. The van der Waals surface area contributed by atoms with E-state index < -0.39 is 0 Å². The summed E-state index contributed by atoms with van der Waals surface area (Å²) in [5.41, 5.74) is 1.70. The van der Waals surface area contributed by atoms with Crippen LogP contribution in [-0.2, 0) is 4.74 Å². The van der Waals surface area contributed by atoms with Gasteiger partial charge in [0.15, 0.2) is 0 Å². The maximum atomic E-state index is 13.1. The van der Waals surface area contributed by atoms with E-state index in [1.54, 1.807) is 19.3 Å². The zero-order valence-electron chi connectivity index (χ0n) is 15.0. The Morgan fingerprint density at radius 2 is 1.96 bits per heavy atom. The van der Waals surface area contributed by atoms with Crippen LogP contribution in [0.5, 0.6) is 0 Å². The van der Waals surface area contributed by atoms with Crippen molar-refractivity contribution in [3.05, 3.63) is 59.8 Å². The number of morpholine rings is 1. The number of rotatable bonds is 4. The van der Waals surface area contributed by atoms with E-state index in [4.69, 9.17) is 4.74 Å². The van der Waals surface area contributed by atoms with Crippen LogP contribution in [-0.4, -0.2) is 42.0 Å². The second-order valence-electron chi connectivity index (χ2n) is 6.68. The molecule has 0 bridgehead atoms. The fraction of sp³-hybridized carbons (Fsp3) is 0.400. The van der Waals surface area contributed by atoms with Gasteiger partial charge in [0.1, 0.15) is 11.9 Å². The minimum atomic E-state index is -0.110. The third kappa shape index (κ3) is 3.82. The number of pyridine rings is 1. The van der Waals surface area contributed by atoms with Crippen molar-refractivity contribution in [2.45, 2.75) is 26.1 Å². The number of ether oxygens (including phenoxy) is 1. The van der Waals surface area contributed by atoms with E-state index >= 15 is 0 Å². The average Bonchev–Trinajstić information content (AvgIpc) is 2.67. The quantitative estimate of drug-likeness (QED) is 0.928. The van der Waals surface area contributed by atoms with Crippen LogP contribution in [0.25, 0.3) is 0 Å². The topological polar surface area (TPSA) is 54.5 Å². The number of amides is 1. The Labute approximate surface area is 149 Å². The summed E-state index contributed by atoms with van der Waals surface area (Å²) in [5.74, 6) is 0.933. The highest BCUT2D eigenvalue weighted by Gasteiger charge is 2.34. The predicted octanol–water partition coefficient (Wildman–Crippen LogP) is 3.36. The summed E-state index contributed by atoms with van der Waals surface area (Å²) in [7, 11) is 1.78. The van der Waals surface area contributed by atoms with Gasteiger partial charge in [0.25, 0.3) is 5.91 Å². The lowest BCUT2D eigenvalue weighted by atomic mass is 10.0. The van der Waals surface area contributed by atoms with Crippen LogP contribution in [0.2, 0.25) is 0 Å². The Morgan fingerprint density at radius 3 is 2.64 bits per heavy atom. The Balaban J connectivity index is 1.87. The Bertz CT molecular complexity index is 718. The van der Waals surface area contributed by atoms with E-state index in [1.807, 2.05) is 29.2 Å². The van der Waals surface area contributed by atoms with Gasteiger partial charge in [-0.05, 0) is 23.6 Å². The maximum absolute atomic E-state index is 13.1. The fourth-order valence-electron chi connectivity index (χ4n) is 3.12. The molecule has 2 heterocycles. The molecule has 0 aliphatic carbocycles. The molecule has 0 unspecified atom stereocenters. The highest BCUT2D eigenvalue weighted by atomic mass is 16.5. The molecule has 0 spiro atoms. The monoisotopic (exact) mass is 339 g/mol. The van der Waals surface area contributed by atoms with Crippen molar-refractivity contribution in [1.82, 2.24) is 9.88 Å². The molecule has 0 saturated carbocycles. The highest BCUT2D eigenvalue weighted by Crippen LogP contribution is 2.29. The summed E-state index contributed by atoms with van der Waals surface area (Å²) in [6, 6.07) is 13.7. The van der Waals surface area contributed by atoms with E-state index in [1.165, 1.54) is 0 Å². The lowest BCUT2D eigenvalue weighted by Crippen LogP contribution is -2.48. The first-order valence-corrected chi connectivity index (χ1v) is 8.72. The molecule has 0 radical (unpaired) electrons. The summed E-state index contributed by atoms with van der Waals surface area (Å²) in [6.45, 7) is 5.40. The Kier molecular flexibility index (Phi) is 5.34. The number of benzene rings is 1. The molecule has 1 amide bonds. The normalized spacial score (nSPS) is 20.6. The molecule has 1 aromatic carbocycles. The van der Waals surface area contributed by atoms with Crippen molar-refractivity contribution in [3.63, 3.8) is 0 Å². The molecule has 25 heavy (non-hydrogen) atoms. The predicted molar refractivity (Wildman–Crippen MR) is 98.6 cm³/mol. The number of nitrogens with one attached hydrogen (secondary N) is 1. The molecular weight excluding hydrogens is 314 g/mol. The summed E-state index contributed by atoms with van der Waals surface area (Å²) in [6.07, 6.45) is 1.59. The van der Waals surface area contributed by atoms with Gasteiger partial charge in [-0.15, -0.1) is 0 Å². The third-order valence-corrected chi connectivity index (χ3v) is 4.60. The smallest absolute Gasteiger partial charge is 0.257 e. The van der Waals surface area contributed by atoms with Crippen molar-refractivity contribution in [1.29, 1.82) is 0 Å². The Hall–Kier alpha value is -2.40. The van der Waals surface area contributed by atoms with Gasteiger partial charge in [-0.1, -0.05) is 44.2 Å². The van der Waals surface area contributed by atoms with E-state index in [0.29, 0.717) is 30.4 Å².